The monoisotopic (exact) mass is 222 g/mol. The molecule has 4 nitrogen and oxygen atoms in total. The first kappa shape index (κ1) is 10.3. The minimum absolute atomic E-state index is 0.0127. The maximum atomic E-state index is 12.0. The van der Waals surface area contributed by atoms with Gasteiger partial charge in [-0.15, -0.1) is 0 Å². The summed E-state index contributed by atoms with van der Waals surface area (Å²) in [6.45, 7) is 0. The van der Waals surface area contributed by atoms with E-state index in [1.807, 2.05) is 0 Å². The van der Waals surface area contributed by atoms with Crippen LogP contribution in [-0.2, 0) is 9.59 Å². The molecule has 2 unspecified atom stereocenters. The van der Waals surface area contributed by atoms with E-state index in [4.69, 9.17) is 5.73 Å². The van der Waals surface area contributed by atoms with Crippen molar-refractivity contribution in [1.82, 2.24) is 4.90 Å². The fourth-order valence-electron chi connectivity index (χ4n) is 3.36. The third-order valence-corrected chi connectivity index (χ3v) is 4.39. The molecule has 2 atom stereocenters. The van der Waals surface area contributed by atoms with E-state index in [9.17, 15) is 9.59 Å². The van der Waals surface area contributed by atoms with Crippen molar-refractivity contribution in [2.45, 2.75) is 57.0 Å². The van der Waals surface area contributed by atoms with Gasteiger partial charge in [-0.1, -0.05) is 12.8 Å². The zero-order chi connectivity index (χ0) is 11.3. The third-order valence-electron chi connectivity index (χ3n) is 4.39. The SMILES string of the molecule is NC1CC1N1C(=O)CC2(CCCC2)CC1=O. The Morgan fingerprint density at radius 1 is 1.12 bits per heavy atom. The molecule has 1 aliphatic heterocycles. The number of nitrogens with zero attached hydrogens (tertiary/aromatic N) is 1. The van der Waals surface area contributed by atoms with Gasteiger partial charge >= 0.3 is 0 Å². The van der Waals surface area contributed by atoms with E-state index in [1.165, 1.54) is 17.7 Å². The van der Waals surface area contributed by atoms with Crippen molar-refractivity contribution in [3.05, 3.63) is 0 Å². The Morgan fingerprint density at radius 3 is 2.06 bits per heavy atom. The summed E-state index contributed by atoms with van der Waals surface area (Å²) in [4.78, 5) is 25.5. The Morgan fingerprint density at radius 2 is 1.62 bits per heavy atom. The molecule has 3 fully saturated rings. The van der Waals surface area contributed by atoms with Crippen LogP contribution >= 0.6 is 0 Å². The molecule has 0 aromatic carbocycles. The summed E-state index contributed by atoms with van der Waals surface area (Å²) in [5.74, 6) is 0.0483. The van der Waals surface area contributed by atoms with Gasteiger partial charge in [0, 0.05) is 18.9 Å². The van der Waals surface area contributed by atoms with Crippen LogP contribution in [0.1, 0.15) is 44.9 Å². The molecule has 0 aromatic heterocycles. The maximum Gasteiger partial charge on any atom is 0.230 e. The molecule has 2 N–H and O–H groups in total. The van der Waals surface area contributed by atoms with E-state index in [1.54, 1.807) is 0 Å². The summed E-state index contributed by atoms with van der Waals surface area (Å²) >= 11 is 0. The lowest BCUT2D eigenvalue weighted by molar-refractivity contribution is -0.154. The Balaban J connectivity index is 1.77. The number of carbonyl (C=O) groups is 2. The Bertz CT molecular complexity index is 327. The molecule has 0 aromatic rings. The van der Waals surface area contributed by atoms with E-state index in [-0.39, 0.29) is 29.3 Å². The van der Waals surface area contributed by atoms with Crippen LogP contribution in [0.25, 0.3) is 0 Å². The number of hydrogen-bond acceptors (Lipinski definition) is 3. The highest BCUT2D eigenvalue weighted by Crippen LogP contribution is 2.48. The quantitative estimate of drug-likeness (QED) is 0.667. The van der Waals surface area contributed by atoms with Crippen molar-refractivity contribution < 1.29 is 9.59 Å². The Kier molecular flexibility index (Phi) is 2.11. The molecular formula is C12H18N2O2. The number of amides is 2. The predicted octanol–water partition coefficient (Wildman–Crippen LogP) is 0.795. The minimum Gasteiger partial charge on any atom is -0.326 e. The minimum atomic E-state index is 0.0127. The topological polar surface area (TPSA) is 63.4 Å². The molecule has 88 valence electrons. The van der Waals surface area contributed by atoms with Gasteiger partial charge in [-0.25, -0.2) is 0 Å². The first-order chi connectivity index (χ1) is 7.61. The molecule has 1 spiro atoms. The molecule has 0 radical (unpaired) electrons. The number of nitrogens with two attached hydrogens (primary N) is 1. The van der Waals surface area contributed by atoms with Gasteiger partial charge in [0.05, 0.1) is 6.04 Å². The van der Waals surface area contributed by atoms with Gasteiger partial charge < -0.3 is 5.73 Å². The number of hydrogen-bond donors (Lipinski definition) is 1. The highest BCUT2D eigenvalue weighted by atomic mass is 16.2. The van der Waals surface area contributed by atoms with Crippen LogP contribution < -0.4 is 5.73 Å². The van der Waals surface area contributed by atoms with Crippen molar-refractivity contribution in [1.29, 1.82) is 0 Å². The van der Waals surface area contributed by atoms with Crippen molar-refractivity contribution in [2.24, 2.45) is 11.1 Å². The average molecular weight is 222 g/mol. The molecule has 1 heterocycles. The molecule has 4 heteroatoms. The second kappa shape index (κ2) is 3.29. The molecule has 2 amide bonds. The molecule has 2 saturated carbocycles. The highest BCUT2D eigenvalue weighted by molar-refractivity contribution is 5.99. The average Bonchev–Trinajstić information content (AvgIpc) is 2.74. The molecule has 16 heavy (non-hydrogen) atoms. The molecule has 3 rings (SSSR count). The summed E-state index contributed by atoms with van der Waals surface area (Å²) in [5.41, 5.74) is 5.74. The fourth-order valence-corrected chi connectivity index (χ4v) is 3.36. The van der Waals surface area contributed by atoms with Gasteiger partial charge in [-0.2, -0.15) is 0 Å². The van der Waals surface area contributed by atoms with Crippen LogP contribution in [0.4, 0.5) is 0 Å². The van der Waals surface area contributed by atoms with Gasteiger partial charge in [0.1, 0.15) is 0 Å². The lowest BCUT2D eigenvalue weighted by atomic mass is 9.76. The van der Waals surface area contributed by atoms with Gasteiger partial charge in [0.2, 0.25) is 11.8 Å². The Hall–Kier alpha value is -0.900. The summed E-state index contributed by atoms with van der Waals surface area (Å²) in [5, 5.41) is 0. The van der Waals surface area contributed by atoms with Crippen LogP contribution in [0, 0.1) is 5.41 Å². The van der Waals surface area contributed by atoms with Gasteiger partial charge in [0.25, 0.3) is 0 Å². The normalized spacial score (nSPS) is 37.2. The molecule has 1 saturated heterocycles. The second-order valence-corrected chi connectivity index (χ2v) is 5.69. The van der Waals surface area contributed by atoms with Gasteiger partial charge in [-0.05, 0) is 24.7 Å². The predicted molar refractivity (Wildman–Crippen MR) is 58.4 cm³/mol. The number of rotatable bonds is 1. The largest absolute Gasteiger partial charge is 0.326 e. The third kappa shape index (κ3) is 1.47. The van der Waals surface area contributed by atoms with Crippen molar-refractivity contribution in [3.8, 4) is 0 Å². The van der Waals surface area contributed by atoms with Crippen LogP contribution in [0.5, 0.6) is 0 Å². The second-order valence-electron chi connectivity index (χ2n) is 5.69. The lowest BCUT2D eigenvalue weighted by Crippen LogP contribution is -2.49. The van der Waals surface area contributed by atoms with E-state index < -0.39 is 0 Å². The van der Waals surface area contributed by atoms with E-state index in [0.717, 1.165) is 19.3 Å². The number of imide groups is 1. The smallest absolute Gasteiger partial charge is 0.230 e. The van der Waals surface area contributed by atoms with Crippen LogP contribution in [0.2, 0.25) is 0 Å². The molecule has 2 aliphatic carbocycles. The van der Waals surface area contributed by atoms with Crippen LogP contribution in [-0.4, -0.2) is 28.8 Å². The Labute approximate surface area is 95.2 Å². The maximum absolute atomic E-state index is 12.0. The first-order valence-corrected chi connectivity index (χ1v) is 6.22. The fraction of sp³-hybridized carbons (Fsp3) is 0.833. The summed E-state index contributed by atoms with van der Waals surface area (Å²) in [6.07, 6.45) is 6.38. The highest BCUT2D eigenvalue weighted by Gasteiger charge is 2.51. The van der Waals surface area contributed by atoms with Crippen LogP contribution in [0.3, 0.4) is 0 Å². The summed E-state index contributed by atoms with van der Waals surface area (Å²) in [7, 11) is 0. The van der Waals surface area contributed by atoms with Gasteiger partial charge in [0.15, 0.2) is 0 Å². The van der Waals surface area contributed by atoms with E-state index in [0.29, 0.717) is 12.8 Å². The van der Waals surface area contributed by atoms with Crippen molar-refractivity contribution >= 4 is 11.8 Å². The molecule has 0 bridgehead atoms. The standard InChI is InChI=1S/C12H18N2O2/c13-8-5-9(8)14-10(15)6-12(7-11(14)16)3-1-2-4-12/h8-9H,1-7,13H2. The summed E-state index contributed by atoms with van der Waals surface area (Å²) < 4.78 is 0. The molecule has 3 aliphatic rings. The number of likely N-dealkylation sites (tertiary alicyclic amines) is 1. The number of piperidine rings is 1. The van der Waals surface area contributed by atoms with E-state index in [2.05, 4.69) is 0 Å². The lowest BCUT2D eigenvalue weighted by Gasteiger charge is -2.37. The number of carbonyl (C=O) groups excluding carboxylic acids is 2. The van der Waals surface area contributed by atoms with E-state index >= 15 is 0 Å². The van der Waals surface area contributed by atoms with Crippen LogP contribution in [0.15, 0.2) is 0 Å². The van der Waals surface area contributed by atoms with Crippen molar-refractivity contribution in [3.63, 3.8) is 0 Å². The summed E-state index contributed by atoms with van der Waals surface area (Å²) in [6, 6.07) is 0.0456. The van der Waals surface area contributed by atoms with Gasteiger partial charge in [-0.3, -0.25) is 14.5 Å². The van der Waals surface area contributed by atoms with Crippen molar-refractivity contribution in [2.75, 3.05) is 0 Å². The first-order valence-electron chi connectivity index (χ1n) is 6.22. The zero-order valence-corrected chi connectivity index (χ0v) is 9.45. The zero-order valence-electron chi connectivity index (χ0n) is 9.45. The molecular weight excluding hydrogens is 204 g/mol.